The van der Waals surface area contributed by atoms with Gasteiger partial charge >= 0.3 is 11.9 Å². The van der Waals surface area contributed by atoms with E-state index in [9.17, 15) is 9.59 Å². The van der Waals surface area contributed by atoms with Gasteiger partial charge in [0.15, 0.2) is 6.61 Å². The zero-order valence-electron chi connectivity index (χ0n) is 58.0. The number of rotatable bonds is 9. The Balaban J connectivity index is 0.000000400. The molecule has 0 aromatic heterocycles. The van der Waals surface area contributed by atoms with Crippen LogP contribution in [-0.4, -0.2) is 74.1 Å². The second kappa shape index (κ2) is 31.8. The fourth-order valence-electron chi connectivity index (χ4n) is 8.77. The molecule has 0 heterocycles. The molecule has 458 valence electrons. The Morgan fingerprint density at radius 1 is 0.352 bits per heavy atom. The van der Waals surface area contributed by atoms with E-state index < -0.39 is 64.7 Å². The smallest absolute Gasteiger partial charge is 0.312 e. The lowest BCUT2D eigenvalue weighted by Gasteiger charge is -2.37. The van der Waals surface area contributed by atoms with Crippen LogP contribution in [0.2, 0.25) is 118 Å². The summed E-state index contributed by atoms with van der Waals surface area (Å²) in [6.45, 7) is 51.3. The van der Waals surface area contributed by atoms with Crippen molar-refractivity contribution < 1.29 is 19.1 Å². The first kappa shape index (κ1) is 75.1. The van der Waals surface area contributed by atoms with Crippen molar-refractivity contribution in [2.45, 2.75) is 171 Å². The summed E-state index contributed by atoms with van der Waals surface area (Å²) in [6, 6.07) is 41.5. The van der Waals surface area contributed by atoms with Crippen LogP contribution in [0.15, 0.2) is 115 Å². The molecule has 0 aliphatic carbocycles. The second-order valence-corrected chi connectivity index (χ2v) is 58.2. The fraction of sp³-hybridized carbons (Fsp3) is 0.385. The molecule has 0 N–H and O–H groups in total. The Kier molecular flexibility index (Phi) is 27.2. The van der Waals surface area contributed by atoms with Crippen molar-refractivity contribution >= 4 is 60.4 Å². The molecular weight excluding hydrogens is 1170 g/mol. The summed E-state index contributed by atoms with van der Waals surface area (Å²) < 4.78 is 9.99. The Bertz CT molecular complexity index is 3540. The molecule has 0 aliphatic heterocycles. The number of esters is 2. The Labute approximate surface area is 540 Å². The van der Waals surface area contributed by atoms with E-state index >= 15 is 0 Å². The highest BCUT2D eigenvalue weighted by Gasteiger charge is 2.41. The molecule has 0 bridgehead atoms. The SMILES string of the molecule is CC#Cc1cc(C#C[Si](C)(C)C)cc(C#C[Si](C)(C)C)c1.CC#Cc1ccc(C(c2ccc(C#C[Si](C)(C)C)cc2)(c2ccc(C#C[Si](C)(C)C)cc2)c2ccc(C#C[Si](C)(C)C)cc2)cc1.COC(=O)C(C)(C)CC(C)(C)C(=O)OCC#C[Si](C)(C)C. The number of ether oxygens (including phenoxy) is 2. The molecule has 0 amide bonds. The van der Waals surface area contributed by atoms with Gasteiger partial charge in [-0.25, -0.2) is 0 Å². The van der Waals surface area contributed by atoms with E-state index in [1.165, 1.54) is 29.4 Å². The van der Waals surface area contributed by atoms with E-state index in [0.717, 1.165) is 38.9 Å². The summed E-state index contributed by atoms with van der Waals surface area (Å²) in [5, 5.41) is 0. The van der Waals surface area contributed by atoms with Gasteiger partial charge in [-0.3, -0.25) is 9.59 Å². The van der Waals surface area contributed by atoms with Crippen LogP contribution in [0.3, 0.4) is 0 Å². The molecule has 88 heavy (non-hydrogen) atoms. The van der Waals surface area contributed by atoms with Crippen LogP contribution in [0.5, 0.6) is 0 Å². The molecule has 0 fully saturated rings. The summed E-state index contributed by atoms with van der Waals surface area (Å²) in [5.74, 6) is 31.5. The van der Waals surface area contributed by atoms with Gasteiger partial charge in [0.05, 0.1) is 23.4 Å². The maximum absolute atomic E-state index is 12.1. The van der Waals surface area contributed by atoms with Gasteiger partial charge in [-0.1, -0.05) is 214 Å². The minimum absolute atomic E-state index is 0.102. The maximum atomic E-state index is 12.1. The van der Waals surface area contributed by atoms with Crippen LogP contribution in [0.25, 0.3) is 0 Å². The summed E-state index contributed by atoms with van der Waals surface area (Å²) in [6.07, 6.45) is 0.354. The molecule has 0 atom stereocenters. The standard InChI is InChI=1S/C43H46Si3.C19H24Si2.C16H28O4Si/c1-11-12-35-13-21-39(22-14-35)43(40-23-15-36(16-24-40)29-32-44(2,3)4,41-25-17-37(18-26-41)30-33-45(5,6)7)42-27-19-38(20-28-42)31-34-46(8,9)10;1-8-9-17-14-18(10-12-20(2,3)4)16-19(15-17)11-13-21(5,6)7;1-15(2,13(17)19-5)12-16(3,4)14(18)20-10-9-11-21(6,7)8/h13-28H,1-10H3;14-16H,1-7H3;10,12H2,1-8H3. The van der Waals surface area contributed by atoms with Crippen molar-refractivity contribution in [1.82, 2.24) is 0 Å². The molecule has 10 heteroatoms. The lowest BCUT2D eigenvalue weighted by atomic mass is 9.65. The van der Waals surface area contributed by atoms with Gasteiger partial charge in [0.25, 0.3) is 0 Å². The molecule has 0 unspecified atom stereocenters. The van der Waals surface area contributed by atoms with Gasteiger partial charge in [0.1, 0.15) is 48.4 Å². The van der Waals surface area contributed by atoms with Crippen LogP contribution in [0.4, 0.5) is 0 Å². The molecule has 0 saturated carbocycles. The molecule has 5 aromatic rings. The van der Waals surface area contributed by atoms with E-state index in [0.29, 0.717) is 6.42 Å². The molecule has 0 radical (unpaired) electrons. The first-order valence-electron chi connectivity index (χ1n) is 30.3. The molecule has 0 saturated heterocycles. The van der Waals surface area contributed by atoms with E-state index in [2.05, 4.69) is 326 Å². The fourth-order valence-corrected chi connectivity index (χ4v) is 12.0. The molecule has 0 aliphatic rings. The van der Waals surface area contributed by atoms with Gasteiger partial charge in [-0.2, -0.15) is 0 Å². The van der Waals surface area contributed by atoms with E-state index in [1.54, 1.807) is 27.7 Å². The van der Waals surface area contributed by atoms with Crippen LogP contribution in [0.1, 0.15) is 109 Å². The molecular formula is C78H98O4Si6. The minimum atomic E-state index is -1.50. The predicted octanol–water partition coefficient (Wildman–Crippen LogP) is 17.7. The third kappa shape index (κ3) is 27.1. The van der Waals surface area contributed by atoms with Crippen LogP contribution in [0, 0.1) is 103 Å². The van der Waals surface area contributed by atoms with Gasteiger partial charge in [-0.05, 0) is 137 Å². The van der Waals surface area contributed by atoms with E-state index in [-0.39, 0.29) is 18.5 Å². The van der Waals surface area contributed by atoms with Crippen molar-refractivity contribution in [3.05, 3.63) is 176 Å². The number of hydrogen-bond donors (Lipinski definition) is 0. The quantitative estimate of drug-likeness (QED) is 0.0639. The Morgan fingerprint density at radius 2 is 0.591 bits per heavy atom. The summed E-state index contributed by atoms with van der Waals surface area (Å²) in [4.78, 5) is 23.9. The minimum Gasteiger partial charge on any atom is -0.469 e. The van der Waals surface area contributed by atoms with Crippen LogP contribution in [-0.2, 0) is 24.5 Å². The second-order valence-electron chi connectivity index (χ2n) is 29.7. The van der Waals surface area contributed by atoms with Gasteiger partial charge < -0.3 is 9.47 Å². The maximum Gasteiger partial charge on any atom is 0.312 e. The molecule has 0 spiro atoms. The highest BCUT2D eigenvalue weighted by molar-refractivity contribution is 6.85. The monoisotopic (exact) mass is 1270 g/mol. The van der Waals surface area contributed by atoms with Crippen molar-refractivity contribution in [3.8, 4) is 92.5 Å². The zero-order chi connectivity index (χ0) is 66.6. The van der Waals surface area contributed by atoms with Crippen LogP contribution >= 0.6 is 0 Å². The molecule has 5 rings (SSSR count). The van der Waals surface area contributed by atoms with Gasteiger partial charge in [-0.15, -0.1) is 45.1 Å². The third-order valence-corrected chi connectivity index (χ3v) is 17.9. The lowest BCUT2D eigenvalue weighted by molar-refractivity contribution is -0.159. The number of hydrogen-bond acceptors (Lipinski definition) is 4. The summed E-state index contributed by atoms with van der Waals surface area (Å²) in [5.41, 5.74) is 30.4. The number of carbonyl (C=O) groups is 2. The number of benzene rings is 5. The lowest BCUT2D eigenvalue weighted by Crippen LogP contribution is -2.36. The number of carbonyl (C=O) groups excluding carboxylic acids is 2. The largest absolute Gasteiger partial charge is 0.469 e. The Morgan fingerprint density at radius 3 is 0.852 bits per heavy atom. The molecule has 5 aromatic carbocycles. The predicted molar refractivity (Wildman–Crippen MR) is 394 cm³/mol. The first-order valence-corrected chi connectivity index (χ1v) is 51.3. The first-order chi connectivity index (χ1) is 40.5. The zero-order valence-corrected chi connectivity index (χ0v) is 64.0. The summed E-state index contributed by atoms with van der Waals surface area (Å²) in [7, 11) is -7.33. The van der Waals surface area contributed by atoms with Crippen molar-refractivity contribution in [1.29, 1.82) is 0 Å². The number of methoxy groups -OCH3 is 1. The van der Waals surface area contributed by atoms with Gasteiger partial charge in [0, 0.05) is 38.9 Å². The normalized spacial score (nSPS) is 11.4. The van der Waals surface area contributed by atoms with Crippen molar-refractivity contribution in [3.63, 3.8) is 0 Å². The Hall–Kier alpha value is -7.18. The topological polar surface area (TPSA) is 52.6 Å². The van der Waals surface area contributed by atoms with E-state index in [4.69, 9.17) is 9.47 Å². The highest BCUT2D eigenvalue weighted by atomic mass is 28.3. The average Bonchev–Trinajstić information content (AvgIpc) is 0.812. The van der Waals surface area contributed by atoms with Crippen molar-refractivity contribution in [2.75, 3.05) is 13.7 Å². The van der Waals surface area contributed by atoms with E-state index in [1.807, 2.05) is 13.8 Å². The molecule has 4 nitrogen and oxygen atoms in total. The van der Waals surface area contributed by atoms with Gasteiger partial charge in [0.2, 0.25) is 0 Å². The van der Waals surface area contributed by atoms with Crippen LogP contribution < -0.4 is 0 Å². The average molecular weight is 1270 g/mol. The highest BCUT2D eigenvalue weighted by Crippen LogP contribution is 2.45. The summed E-state index contributed by atoms with van der Waals surface area (Å²) >= 11 is 0. The van der Waals surface area contributed by atoms with Crippen molar-refractivity contribution in [2.24, 2.45) is 10.8 Å². The third-order valence-electron chi connectivity index (χ3n) is 12.6.